The molecule has 0 aliphatic heterocycles. The molecule has 0 radical (unpaired) electrons. The smallest absolute Gasteiger partial charge is 0.200 e. The third-order valence-electron chi connectivity index (χ3n) is 2.95. The Morgan fingerprint density at radius 1 is 1.14 bits per heavy atom. The minimum Gasteiger partial charge on any atom is -0.502 e. The Labute approximate surface area is 136 Å². The zero-order chi connectivity index (χ0) is 15.4. The average molecular weight is 373 g/mol. The van der Waals surface area contributed by atoms with Crippen molar-refractivity contribution in [2.24, 2.45) is 0 Å². The molecule has 0 saturated heterocycles. The second kappa shape index (κ2) is 6.91. The number of aromatic hydroxyl groups is 1. The molecule has 6 heteroatoms. The van der Waals surface area contributed by atoms with Crippen LogP contribution >= 0.6 is 27.5 Å². The first-order valence-corrected chi connectivity index (χ1v) is 7.35. The molecule has 2 aromatic rings. The van der Waals surface area contributed by atoms with Gasteiger partial charge in [0.1, 0.15) is 0 Å². The van der Waals surface area contributed by atoms with Gasteiger partial charge in [-0.15, -0.1) is 0 Å². The van der Waals surface area contributed by atoms with Crippen LogP contribution in [0.15, 0.2) is 34.8 Å². The first-order valence-electron chi connectivity index (χ1n) is 6.18. The van der Waals surface area contributed by atoms with Crippen LogP contribution in [-0.4, -0.2) is 19.3 Å². The summed E-state index contributed by atoms with van der Waals surface area (Å²) < 4.78 is 11.2. The van der Waals surface area contributed by atoms with Crippen LogP contribution in [0, 0.1) is 0 Å². The summed E-state index contributed by atoms with van der Waals surface area (Å²) in [5, 5.41) is 13.8. The first-order chi connectivity index (χ1) is 10.0. The third-order valence-corrected chi connectivity index (χ3v) is 3.88. The van der Waals surface area contributed by atoms with Crippen LogP contribution in [0.2, 0.25) is 5.02 Å². The lowest BCUT2D eigenvalue weighted by atomic mass is 10.1. The number of ether oxygens (including phenoxy) is 2. The molecule has 0 bridgehead atoms. The van der Waals surface area contributed by atoms with E-state index in [1.807, 2.05) is 18.2 Å². The van der Waals surface area contributed by atoms with Crippen molar-refractivity contribution in [2.75, 3.05) is 19.5 Å². The predicted octanol–water partition coefficient (Wildman–Crippen LogP) is 4.44. The van der Waals surface area contributed by atoms with E-state index in [1.165, 1.54) is 14.2 Å². The van der Waals surface area contributed by atoms with E-state index in [-0.39, 0.29) is 5.75 Å². The fraction of sp³-hybridized carbons (Fsp3) is 0.200. The zero-order valence-electron chi connectivity index (χ0n) is 11.6. The van der Waals surface area contributed by atoms with Crippen LogP contribution in [0.1, 0.15) is 5.56 Å². The van der Waals surface area contributed by atoms with Gasteiger partial charge >= 0.3 is 0 Å². The molecule has 21 heavy (non-hydrogen) atoms. The maximum atomic E-state index is 9.88. The summed E-state index contributed by atoms with van der Waals surface area (Å²) >= 11 is 9.44. The van der Waals surface area contributed by atoms with Crippen LogP contribution < -0.4 is 14.8 Å². The number of phenols is 1. The van der Waals surface area contributed by atoms with Gasteiger partial charge in [-0.3, -0.25) is 0 Å². The largest absolute Gasteiger partial charge is 0.502 e. The quantitative estimate of drug-likeness (QED) is 0.815. The predicted molar refractivity (Wildman–Crippen MR) is 87.7 cm³/mol. The Balaban J connectivity index is 2.22. The van der Waals surface area contributed by atoms with Crippen LogP contribution in [-0.2, 0) is 6.54 Å². The number of benzene rings is 2. The molecule has 0 unspecified atom stereocenters. The van der Waals surface area contributed by atoms with Gasteiger partial charge in [0.05, 0.1) is 19.9 Å². The van der Waals surface area contributed by atoms with Crippen LogP contribution in [0.3, 0.4) is 0 Å². The highest BCUT2D eigenvalue weighted by atomic mass is 79.9. The SMILES string of the molecule is COc1cc(CNc2cc(Cl)ccc2Br)cc(OC)c1O. The molecule has 0 aromatic heterocycles. The van der Waals surface area contributed by atoms with Crippen molar-refractivity contribution in [2.45, 2.75) is 6.54 Å². The molecule has 0 amide bonds. The lowest BCUT2D eigenvalue weighted by Gasteiger charge is -2.13. The lowest BCUT2D eigenvalue weighted by Crippen LogP contribution is -2.01. The van der Waals surface area contributed by atoms with Gasteiger partial charge in [0.25, 0.3) is 0 Å². The van der Waals surface area contributed by atoms with E-state index in [0.29, 0.717) is 23.1 Å². The van der Waals surface area contributed by atoms with Crippen molar-refractivity contribution in [1.29, 1.82) is 0 Å². The number of nitrogens with one attached hydrogen (secondary N) is 1. The van der Waals surface area contributed by atoms with E-state index in [9.17, 15) is 5.11 Å². The summed E-state index contributed by atoms with van der Waals surface area (Å²) in [5.41, 5.74) is 1.79. The number of hydrogen-bond donors (Lipinski definition) is 2. The highest BCUT2D eigenvalue weighted by Gasteiger charge is 2.11. The van der Waals surface area contributed by atoms with Crippen molar-refractivity contribution < 1.29 is 14.6 Å². The number of anilines is 1. The fourth-order valence-electron chi connectivity index (χ4n) is 1.88. The maximum Gasteiger partial charge on any atom is 0.200 e. The maximum absolute atomic E-state index is 9.88. The Morgan fingerprint density at radius 2 is 1.76 bits per heavy atom. The Kier molecular flexibility index (Phi) is 5.20. The number of phenolic OH excluding ortho intramolecular Hbond substituents is 1. The normalized spacial score (nSPS) is 10.3. The summed E-state index contributed by atoms with van der Waals surface area (Å²) in [6, 6.07) is 9.03. The average Bonchev–Trinajstić information content (AvgIpc) is 2.49. The second-order valence-corrected chi connectivity index (χ2v) is 5.62. The monoisotopic (exact) mass is 371 g/mol. The van der Waals surface area contributed by atoms with Crippen molar-refractivity contribution in [1.82, 2.24) is 0 Å². The molecule has 2 aromatic carbocycles. The first kappa shape index (κ1) is 15.8. The van der Waals surface area contributed by atoms with Gasteiger partial charge in [-0.25, -0.2) is 0 Å². The van der Waals surface area contributed by atoms with Crippen molar-refractivity contribution in [3.8, 4) is 17.2 Å². The summed E-state index contributed by atoms with van der Waals surface area (Å²) in [6.07, 6.45) is 0. The van der Waals surface area contributed by atoms with Gasteiger partial charge in [0, 0.05) is 16.0 Å². The van der Waals surface area contributed by atoms with Crippen molar-refractivity contribution in [3.05, 3.63) is 45.4 Å². The molecule has 4 nitrogen and oxygen atoms in total. The number of methoxy groups -OCH3 is 2. The van der Waals surface area contributed by atoms with Gasteiger partial charge in [0.15, 0.2) is 11.5 Å². The molecular formula is C15H15BrClNO3. The lowest BCUT2D eigenvalue weighted by molar-refractivity contribution is 0.339. The summed E-state index contributed by atoms with van der Waals surface area (Å²) in [7, 11) is 3.00. The Hall–Kier alpha value is -1.59. The molecule has 0 saturated carbocycles. The summed E-state index contributed by atoms with van der Waals surface area (Å²) in [6.45, 7) is 0.534. The van der Waals surface area contributed by atoms with Gasteiger partial charge in [-0.2, -0.15) is 0 Å². The summed E-state index contributed by atoms with van der Waals surface area (Å²) in [5.74, 6) is 0.736. The molecule has 112 valence electrons. The highest BCUT2D eigenvalue weighted by molar-refractivity contribution is 9.10. The van der Waals surface area contributed by atoms with E-state index in [1.54, 1.807) is 12.1 Å². The Bertz CT molecular complexity index is 624. The Morgan fingerprint density at radius 3 is 2.33 bits per heavy atom. The molecule has 0 atom stereocenters. The van der Waals surface area contributed by atoms with E-state index in [0.717, 1.165) is 15.7 Å². The molecule has 0 fully saturated rings. The molecule has 0 heterocycles. The minimum atomic E-state index is -0.00677. The van der Waals surface area contributed by atoms with Gasteiger partial charge in [-0.1, -0.05) is 11.6 Å². The topological polar surface area (TPSA) is 50.7 Å². The van der Waals surface area contributed by atoms with Crippen LogP contribution in [0.5, 0.6) is 17.2 Å². The molecule has 0 spiro atoms. The number of rotatable bonds is 5. The van der Waals surface area contributed by atoms with Crippen molar-refractivity contribution in [3.63, 3.8) is 0 Å². The standard InChI is InChI=1S/C15H15BrClNO3/c1-20-13-5-9(6-14(21-2)15(13)19)8-18-12-7-10(17)3-4-11(12)16/h3-7,18-19H,8H2,1-2H3. The van der Waals surface area contributed by atoms with E-state index in [2.05, 4.69) is 21.2 Å². The molecular weight excluding hydrogens is 358 g/mol. The van der Waals surface area contributed by atoms with E-state index >= 15 is 0 Å². The van der Waals surface area contributed by atoms with Gasteiger partial charge in [0.2, 0.25) is 5.75 Å². The minimum absolute atomic E-state index is 0.00677. The third kappa shape index (κ3) is 3.74. The van der Waals surface area contributed by atoms with Gasteiger partial charge < -0.3 is 19.9 Å². The van der Waals surface area contributed by atoms with Crippen LogP contribution in [0.4, 0.5) is 5.69 Å². The van der Waals surface area contributed by atoms with Crippen molar-refractivity contribution >= 4 is 33.2 Å². The second-order valence-electron chi connectivity index (χ2n) is 4.33. The number of halogens is 2. The van der Waals surface area contributed by atoms with Crippen LogP contribution in [0.25, 0.3) is 0 Å². The molecule has 0 aliphatic rings. The van der Waals surface area contributed by atoms with Gasteiger partial charge in [-0.05, 0) is 51.8 Å². The summed E-state index contributed by atoms with van der Waals surface area (Å²) in [4.78, 5) is 0. The number of hydrogen-bond acceptors (Lipinski definition) is 4. The highest BCUT2D eigenvalue weighted by Crippen LogP contribution is 2.37. The zero-order valence-corrected chi connectivity index (χ0v) is 14.0. The van der Waals surface area contributed by atoms with E-state index in [4.69, 9.17) is 21.1 Å². The molecule has 0 aliphatic carbocycles. The fourth-order valence-corrected chi connectivity index (χ4v) is 2.44. The molecule has 2 N–H and O–H groups in total. The van der Waals surface area contributed by atoms with E-state index < -0.39 is 0 Å². The molecule has 2 rings (SSSR count).